The van der Waals surface area contributed by atoms with Gasteiger partial charge in [0.15, 0.2) is 0 Å². The Balaban J connectivity index is 1.45. The summed E-state index contributed by atoms with van der Waals surface area (Å²) < 4.78 is 5.40. The van der Waals surface area contributed by atoms with Gasteiger partial charge in [0.2, 0.25) is 5.91 Å². The normalized spacial score (nSPS) is 16.6. The van der Waals surface area contributed by atoms with Gasteiger partial charge in [0.1, 0.15) is 11.1 Å². The van der Waals surface area contributed by atoms with Gasteiger partial charge >= 0.3 is 0 Å². The SMILES string of the molecule is COc1ccccc1C(C)NC(=O)c1ccc(C2SCC(=O)N2Cc2ccccc2)cc1. The number of benzene rings is 3. The molecule has 1 fully saturated rings. The molecule has 3 aromatic rings. The summed E-state index contributed by atoms with van der Waals surface area (Å²) in [7, 11) is 1.62. The van der Waals surface area contributed by atoms with Crippen molar-refractivity contribution in [2.24, 2.45) is 0 Å². The third-order valence-electron chi connectivity index (χ3n) is 5.57. The minimum absolute atomic E-state index is 0.0488. The fraction of sp³-hybridized carbons (Fsp3) is 0.231. The summed E-state index contributed by atoms with van der Waals surface area (Å²) in [6.45, 7) is 2.52. The van der Waals surface area contributed by atoms with Gasteiger partial charge in [-0.3, -0.25) is 9.59 Å². The van der Waals surface area contributed by atoms with Crippen molar-refractivity contribution in [1.29, 1.82) is 0 Å². The lowest BCUT2D eigenvalue weighted by Gasteiger charge is -2.24. The van der Waals surface area contributed by atoms with E-state index in [9.17, 15) is 9.59 Å². The van der Waals surface area contributed by atoms with E-state index in [0.29, 0.717) is 17.9 Å². The molecule has 164 valence electrons. The zero-order valence-electron chi connectivity index (χ0n) is 18.2. The molecule has 6 heteroatoms. The number of rotatable bonds is 7. The number of carbonyl (C=O) groups is 2. The quantitative estimate of drug-likeness (QED) is 0.557. The number of ether oxygens (including phenoxy) is 1. The van der Waals surface area contributed by atoms with Gasteiger partial charge in [-0.05, 0) is 36.2 Å². The van der Waals surface area contributed by atoms with Crippen LogP contribution in [-0.2, 0) is 11.3 Å². The second kappa shape index (κ2) is 9.92. The van der Waals surface area contributed by atoms with Crippen LogP contribution in [0.4, 0.5) is 0 Å². The second-order valence-corrected chi connectivity index (χ2v) is 8.80. The van der Waals surface area contributed by atoms with Crippen molar-refractivity contribution in [3.05, 3.63) is 101 Å². The van der Waals surface area contributed by atoms with E-state index in [1.807, 2.05) is 90.7 Å². The molecule has 4 rings (SSSR count). The van der Waals surface area contributed by atoms with E-state index in [1.165, 1.54) is 0 Å². The van der Waals surface area contributed by atoms with Crippen LogP contribution in [0.3, 0.4) is 0 Å². The maximum absolute atomic E-state index is 12.8. The van der Waals surface area contributed by atoms with Gasteiger partial charge in [-0.15, -0.1) is 11.8 Å². The summed E-state index contributed by atoms with van der Waals surface area (Å²) in [5, 5.41) is 2.99. The zero-order valence-corrected chi connectivity index (χ0v) is 19.0. The zero-order chi connectivity index (χ0) is 22.5. The van der Waals surface area contributed by atoms with Crippen LogP contribution < -0.4 is 10.1 Å². The van der Waals surface area contributed by atoms with E-state index in [4.69, 9.17) is 4.74 Å². The lowest BCUT2D eigenvalue weighted by molar-refractivity contribution is -0.128. The van der Waals surface area contributed by atoms with Crippen molar-refractivity contribution < 1.29 is 14.3 Å². The first-order valence-corrected chi connectivity index (χ1v) is 11.6. The number of amides is 2. The number of para-hydroxylation sites is 1. The monoisotopic (exact) mass is 446 g/mol. The highest BCUT2D eigenvalue weighted by molar-refractivity contribution is 8.00. The lowest BCUT2D eigenvalue weighted by atomic mass is 10.1. The second-order valence-electron chi connectivity index (χ2n) is 7.73. The Morgan fingerprint density at radius 3 is 2.47 bits per heavy atom. The Hall–Kier alpha value is -3.25. The molecule has 3 aromatic carbocycles. The molecule has 0 saturated carbocycles. The van der Waals surface area contributed by atoms with Gasteiger partial charge in [0.25, 0.3) is 5.91 Å². The predicted molar refractivity (Wildman–Crippen MR) is 128 cm³/mol. The number of hydrogen-bond donors (Lipinski definition) is 1. The summed E-state index contributed by atoms with van der Waals surface area (Å²) >= 11 is 1.62. The third kappa shape index (κ3) is 4.81. The summed E-state index contributed by atoms with van der Waals surface area (Å²) in [4.78, 5) is 27.2. The number of nitrogens with zero attached hydrogens (tertiary/aromatic N) is 1. The highest BCUT2D eigenvalue weighted by Crippen LogP contribution is 2.39. The molecule has 1 saturated heterocycles. The van der Waals surface area contributed by atoms with E-state index in [0.717, 1.165) is 22.4 Å². The summed E-state index contributed by atoms with van der Waals surface area (Å²) in [5.41, 5.74) is 3.64. The third-order valence-corrected chi connectivity index (χ3v) is 6.83. The molecule has 0 bridgehead atoms. The summed E-state index contributed by atoms with van der Waals surface area (Å²) in [5.74, 6) is 1.20. The molecule has 5 nitrogen and oxygen atoms in total. The van der Waals surface area contributed by atoms with Crippen LogP contribution in [0.25, 0.3) is 0 Å². The van der Waals surface area contributed by atoms with Crippen molar-refractivity contribution >= 4 is 23.6 Å². The molecule has 0 spiro atoms. The highest BCUT2D eigenvalue weighted by atomic mass is 32.2. The van der Waals surface area contributed by atoms with E-state index >= 15 is 0 Å². The van der Waals surface area contributed by atoms with E-state index < -0.39 is 0 Å². The molecule has 0 aromatic heterocycles. The molecule has 1 heterocycles. The van der Waals surface area contributed by atoms with E-state index in [2.05, 4.69) is 5.32 Å². The molecule has 0 aliphatic carbocycles. The number of nitrogens with one attached hydrogen (secondary N) is 1. The number of carbonyl (C=O) groups excluding carboxylic acids is 2. The number of hydrogen-bond acceptors (Lipinski definition) is 4. The van der Waals surface area contributed by atoms with Gasteiger partial charge < -0.3 is 15.0 Å². The van der Waals surface area contributed by atoms with Gasteiger partial charge in [-0.25, -0.2) is 0 Å². The van der Waals surface area contributed by atoms with Gasteiger partial charge in [0.05, 0.1) is 18.9 Å². The fourth-order valence-electron chi connectivity index (χ4n) is 3.86. The van der Waals surface area contributed by atoms with Crippen LogP contribution in [0.5, 0.6) is 5.75 Å². The van der Waals surface area contributed by atoms with Gasteiger partial charge in [-0.1, -0.05) is 60.7 Å². The van der Waals surface area contributed by atoms with Crippen molar-refractivity contribution in [1.82, 2.24) is 10.2 Å². The Morgan fingerprint density at radius 2 is 1.75 bits per heavy atom. The van der Waals surface area contributed by atoms with Crippen molar-refractivity contribution in [2.45, 2.75) is 24.9 Å². The summed E-state index contributed by atoms with van der Waals surface area (Å²) in [6.07, 6.45) is 0. The average Bonchev–Trinajstić information content (AvgIpc) is 3.19. The molecule has 1 N–H and O–H groups in total. The molecule has 2 amide bonds. The maximum atomic E-state index is 12.8. The minimum Gasteiger partial charge on any atom is -0.496 e. The Labute approximate surface area is 192 Å². The van der Waals surface area contributed by atoms with Crippen molar-refractivity contribution in [3.63, 3.8) is 0 Å². The molecular weight excluding hydrogens is 420 g/mol. The Kier molecular flexibility index (Phi) is 6.81. The van der Waals surface area contributed by atoms with Crippen molar-refractivity contribution in [3.8, 4) is 5.75 Å². The number of thioether (sulfide) groups is 1. The lowest BCUT2D eigenvalue weighted by Crippen LogP contribution is -2.28. The van der Waals surface area contributed by atoms with Crippen LogP contribution >= 0.6 is 11.8 Å². The first-order valence-electron chi connectivity index (χ1n) is 10.6. The van der Waals surface area contributed by atoms with Crippen LogP contribution in [0.15, 0.2) is 78.9 Å². The highest BCUT2D eigenvalue weighted by Gasteiger charge is 2.32. The molecule has 1 aliphatic heterocycles. The van der Waals surface area contributed by atoms with Crippen molar-refractivity contribution in [2.75, 3.05) is 12.9 Å². The number of methoxy groups -OCH3 is 1. The molecule has 1 aliphatic rings. The Morgan fingerprint density at radius 1 is 1.06 bits per heavy atom. The van der Waals surface area contributed by atoms with E-state index in [-0.39, 0.29) is 23.2 Å². The molecule has 2 unspecified atom stereocenters. The van der Waals surface area contributed by atoms with Gasteiger partial charge in [-0.2, -0.15) is 0 Å². The van der Waals surface area contributed by atoms with Crippen LogP contribution in [-0.4, -0.2) is 29.6 Å². The van der Waals surface area contributed by atoms with Gasteiger partial charge in [0, 0.05) is 17.7 Å². The summed E-state index contributed by atoms with van der Waals surface area (Å²) in [6, 6.07) is 25.0. The van der Waals surface area contributed by atoms with Crippen LogP contribution in [0.1, 0.15) is 45.4 Å². The van der Waals surface area contributed by atoms with E-state index in [1.54, 1.807) is 18.9 Å². The first-order chi connectivity index (χ1) is 15.6. The maximum Gasteiger partial charge on any atom is 0.251 e. The minimum atomic E-state index is -0.192. The molecule has 0 radical (unpaired) electrons. The van der Waals surface area contributed by atoms with Crippen LogP contribution in [0.2, 0.25) is 0 Å². The smallest absolute Gasteiger partial charge is 0.251 e. The standard InChI is InChI=1S/C26H26N2O3S/c1-18(22-10-6-7-11-23(22)31-2)27-25(30)20-12-14-21(15-13-20)26-28(24(29)17-32-26)16-19-8-4-3-5-9-19/h3-15,18,26H,16-17H2,1-2H3,(H,27,30). The molecule has 32 heavy (non-hydrogen) atoms. The first kappa shape index (κ1) is 22.0. The molecular formula is C26H26N2O3S. The average molecular weight is 447 g/mol. The molecule has 2 atom stereocenters. The fourth-order valence-corrected chi connectivity index (χ4v) is 5.05. The Bertz CT molecular complexity index is 1090. The largest absolute Gasteiger partial charge is 0.496 e. The van der Waals surface area contributed by atoms with Crippen LogP contribution in [0, 0.1) is 0 Å². The topological polar surface area (TPSA) is 58.6 Å². The predicted octanol–water partition coefficient (Wildman–Crippen LogP) is 4.96.